The van der Waals surface area contributed by atoms with Crippen LogP contribution in [0.3, 0.4) is 0 Å². The van der Waals surface area contributed by atoms with Crippen LogP contribution in [0, 0.1) is 6.92 Å². The summed E-state index contributed by atoms with van der Waals surface area (Å²) < 4.78 is 11.1. The summed E-state index contributed by atoms with van der Waals surface area (Å²) in [7, 11) is 1.70. The summed E-state index contributed by atoms with van der Waals surface area (Å²) in [6.07, 6.45) is 1.83. The summed E-state index contributed by atoms with van der Waals surface area (Å²) in [5.74, 6) is 0.200. The van der Waals surface area contributed by atoms with Crippen LogP contribution in [0.25, 0.3) is 6.08 Å². The fraction of sp³-hybridized carbons (Fsp3) is 0.179. The van der Waals surface area contributed by atoms with E-state index >= 15 is 0 Å². The lowest BCUT2D eigenvalue weighted by molar-refractivity contribution is -0.121. The molecular formula is C28H26N2O4S. The highest BCUT2D eigenvalue weighted by Crippen LogP contribution is 2.35. The molecule has 1 saturated heterocycles. The number of hydrogen-bond donors (Lipinski definition) is 0. The molecule has 1 heterocycles. The van der Waals surface area contributed by atoms with Crippen LogP contribution < -0.4 is 4.74 Å². The lowest BCUT2D eigenvalue weighted by Gasteiger charge is -2.10. The summed E-state index contributed by atoms with van der Waals surface area (Å²) in [5, 5.41) is 0.559. The van der Waals surface area contributed by atoms with Crippen LogP contribution in [0.1, 0.15) is 34.0 Å². The normalized spacial score (nSPS) is 15.6. The highest BCUT2D eigenvalue weighted by Gasteiger charge is 2.30. The zero-order chi connectivity index (χ0) is 24.8. The SMILES string of the molecule is CCOC(=O)c1ccc(N=C2SC(=Cc3ccccc3OCc3cccc(C)c3)C(=O)N2C)cc1. The Bertz CT molecular complexity index is 1300. The molecule has 0 atom stereocenters. The van der Waals surface area contributed by atoms with Gasteiger partial charge in [-0.05, 0) is 67.6 Å². The van der Waals surface area contributed by atoms with Gasteiger partial charge in [0.05, 0.1) is 22.8 Å². The van der Waals surface area contributed by atoms with Gasteiger partial charge in [-0.2, -0.15) is 0 Å². The molecule has 35 heavy (non-hydrogen) atoms. The van der Waals surface area contributed by atoms with Gasteiger partial charge in [0, 0.05) is 12.6 Å². The van der Waals surface area contributed by atoms with Gasteiger partial charge in [0.15, 0.2) is 5.17 Å². The van der Waals surface area contributed by atoms with E-state index in [1.807, 2.05) is 42.5 Å². The maximum absolute atomic E-state index is 12.9. The fourth-order valence-electron chi connectivity index (χ4n) is 3.48. The maximum Gasteiger partial charge on any atom is 0.338 e. The first kappa shape index (κ1) is 24.3. The van der Waals surface area contributed by atoms with E-state index in [2.05, 4.69) is 24.0 Å². The first-order chi connectivity index (χ1) is 16.9. The second kappa shape index (κ2) is 11.1. The number of amidine groups is 1. The molecule has 0 radical (unpaired) electrons. The van der Waals surface area contributed by atoms with Crippen molar-refractivity contribution >= 4 is 40.6 Å². The molecule has 4 rings (SSSR count). The van der Waals surface area contributed by atoms with Crippen molar-refractivity contribution in [2.45, 2.75) is 20.5 Å². The predicted molar refractivity (Wildman–Crippen MR) is 140 cm³/mol. The number of rotatable bonds is 7. The second-order valence-electron chi connectivity index (χ2n) is 7.95. The standard InChI is InChI=1S/C28H26N2O4S/c1-4-33-27(32)21-12-14-23(15-13-21)29-28-30(3)26(31)25(35-28)17-22-10-5-6-11-24(22)34-18-20-9-7-8-19(2)16-20/h5-17H,4,18H2,1-3H3. The number of aryl methyl sites for hydroxylation is 1. The monoisotopic (exact) mass is 486 g/mol. The molecule has 0 aliphatic carbocycles. The van der Waals surface area contributed by atoms with Gasteiger partial charge in [-0.15, -0.1) is 0 Å². The molecule has 1 aliphatic heterocycles. The van der Waals surface area contributed by atoms with Crippen LogP contribution in [-0.4, -0.2) is 35.6 Å². The van der Waals surface area contributed by atoms with Crippen LogP contribution in [0.5, 0.6) is 5.75 Å². The van der Waals surface area contributed by atoms with Gasteiger partial charge >= 0.3 is 5.97 Å². The molecule has 0 N–H and O–H groups in total. The molecule has 178 valence electrons. The number of nitrogens with zero attached hydrogens (tertiary/aromatic N) is 2. The molecule has 1 aliphatic rings. The second-order valence-corrected chi connectivity index (χ2v) is 8.96. The van der Waals surface area contributed by atoms with Gasteiger partial charge in [0.2, 0.25) is 0 Å². The number of para-hydroxylation sites is 1. The lowest BCUT2D eigenvalue weighted by Crippen LogP contribution is -2.23. The highest BCUT2D eigenvalue weighted by molar-refractivity contribution is 8.18. The molecule has 0 saturated carbocycles. The Kier molecular flexibility index (Phi) is 7.67. The van der Waals surface area contributed by atoms with E-state index in [1.165, 1.54) is 22.2 Å². The van der Waals surface area contributed by atoms with Crippen molar-refractivity contribution in [2.75, 3.05) is 13.7 Å². The summed E-state index contributed by atoms with van der Waals surface area (Å²) in [5.41, 5.74) is 4.19. The minimum atomic E-state index is -0.372. The third-order valence-electron chi connectivity index (χ3n) is 5.29. The quantitative estimate of drug-likeness (QED) is 0.303. The number of carbonyl (C=O) groups is 2. The molecular weight excluding hydrogens is 460 g/mol. The third-order valence-corrected chi connectivity index (χ3v) is 6.35. The maximum atomic E-state index is 12.9. The Morgan fingerprint density at radius 1 is 1.06 bits per heavy atom. The smallest absolute Gasteiger partial charge is 0.338 e. The molecule has 3 aromatic rings. The van der Waals surface area contributed by atoms with E-state index in [1.54, 1.807) is 38.2 Å². The van der Waals surface area contributed by atoms with E-state index in [0.717, 1.165) is 11.1 Å². The number of amides is 1. The van der Waals surface area contributed by atoms with Gasteiger partial charge < -0.3 is 9.47 Å². The third kappa shape index (κ3) is 6.00. The summed E-state index contributed by atoms with van der Waals surface area (Å²) in [6.45, 7) is 4.58. The molecule has 7 heteroatoms. The number of ether oxygens (including phenoxy) is 2. The zero-order valence-electron chi connectivity index (χ0n) is 19.9. The van der Waals surface area contributed by atoms with Crippen molar-refractivity contribution in [2.24, 2.45) is 4.99 Å². The average Bonchev–Trinajstić information content (AvgIpc) is 3.12. The molecule has 6 nitrogen and oxygen atoms in total. The average molecular weight is 487 g/mol. The van der Waals surface area contributed by atoms with E-state index in [4.69, 9.17) is 9.47 Å². The van der Waals surface area contributed by atoms with Crippen LogP contribution in [0.4, 0.5) is 5.69 Å². The predicted octanol–water partition coefficient (Wildman–Crippen LogP) is 5.98. The van der Waals surface area contributed by atoms with E-state index < -0.39 is 0 Å². The molecule has 0 spiro atoms. The Hall–Kier alpha value is -3.84. The Morgan fingerprint density at radius 3 is 2.57 bits per heavy atom. The Balaban J connectivity index is 1.51. The molecule has 0 bridgehead atoms. The Labute approximate surface area is 209 Å². The van der Waals surface area contributed by atoms with Gasteiger partial charge in [-0.25, -0.2) is 9.79 Å². The van der Waals surface area contributed by atoms with E-state index in [9.17, 15) is 9.59 Å². The van der Waals surface area contributed by atoms with Crippen molar-refractivity contribution < 1.29 is 19.1 Å². The topological polar surface area (TPSA) is 68.2 Å². The first-order valence-electron chi connectivity index (χ1n) is 11.3. The van der Waals surface area contributed by atoms with Crippen molar-refractivity contribution in [3.63, 3.8) is 0 Å². The first-order valence-corrected chi connectivity index (χ1v) is 12.1. The molecule has 0 unspecified atom stereocenters. The number of thioether (sulfide) groups is 1. The number of esters is 1. The highest BCUT2D eigenvalue weighted by atomic mass is 32.2. The summed E-state index contributed by atoms with van der Waals surface area (Å²) >= 11 is 1.30. The van der Waals surface area contributed by atoms with Gasteiger partial charge in [-0.3, -0.25) is 9.69 Å². The van der Waals surface area contributed by atoms with Crippen LogP contribution in [-0.2, 0) is 16.1 Å². The molecule has 1 fully saturated rings. The van der Waals surface area contributed by atoms with E-state index in [-0.39, 0.29) is 11.9 Å². The van der Waals surface area contributed by atoms with Gasteiger partial charge in [-0.1, -0.05) is 48.0 Å². The molecule has 3 aromatic carbocycles. The number of likely N-dealkylation sites (N-methyl/N-ethyl adjacent to an activating group) is 1. The summed E-state index contributed by atoms with van der Waals surface area (Å²) in [4.78, 5) is 31.4. The van der Waals surface area contributed by atoms with Crippen molar-refractivity contribution in [3.8, 4) is 5.75 Å². The zero-order valence-corrected chi connectivity index (χ0v) is 20.7. The number of hydrogen-bond acceptors (Lipinski definition) is 6. The largest absolute Gasteiger partial charge is 0.488 e. The van der Waals surface area contributed by atoms with E-state index in [0.29, 0.717) is 40.3 Å². The van der Waals surface area contributed by atoms with Crippen LogP contribution in [0.15, 0.2) is 82.7 Å². The molecule has 0 aromatic heterocycles. The van der Waals surface area contributed by atoms with Crippen molar-refractivity contribution in [1.29, 1.82) is 0 Å². The minimum Gasteiger partial charge on any atom is -0.488 e. The fourth-order valence-corrected chi connectivity index (χ4v) is 4.46. The summed E-state index contributed by atoms with van der Waals surface area (Å²) in [6, 6.07) is 22.6. The van der Waals surface area contributed by atoms with Crippen LogP contribution in [0.2, 0.25) is 0 Å². The van der Waals surface area contributed by atoms with Gasteiger partial charge in [0.1, 0.15) is 12.4 Å². The lowest BCUT2D eigenvalue weighted by atomic mass is 10.1. The minimum absolute atomic E-state index is 0.134. The molecule has 1 amide bonds. The number of benzene rings is 3. The number of aliphatic imine (C=N–C) groups is 1. The number of carbonyl (C=O) groups excluding carboxylic acids is 2. The van der Waals surface area contributed by atoms with Gasteiger partial charge in [0.25, 0.3) is 5.91 Å². The van der Waals surface area contributed by atoms with Crippen molar-refractivity contribution in [1.82, 2.24) is 4.90 Å². The Morgan fingerprint density at radius 2 is 1.83 bits per heavy atom. The van der Waals surface area contributed by atoms with Crippen molar-refractivity contribution in [3.05, 3.63) is 100.0 Å². The van der Waals surface area contributed by atoms with Crippen LogP contribution >= 0.6 is 11.8 Å².